The molecule has 0 amide bonds. The second kappa shape index (κ2) is 6.53. The van der Waals surface area contributed by atoms with Crippen molar-refractivity contribution in [3.63, 3.8) is 0 Å². The minimum atomic E-state index is -0.649. The number of anilines is 1. The highest BCUT2D eigenvalue weighted by Gasteiger charge is 2.31. The zero-order valence-electron chi connectivity index (χ0n) is 16.0. The Bertz CT molecular complexity index is 1270. The second-order valence-corrected chi connectivity index (χ2v) is 9.30. The summed E-state index contributed by atoms with van der Waals surface area (Å²) in [6.45, 7) is 1.91. The predicted octanol–water partition coefficient (Wildman–Crippen LogP) is 2.88. The van der Waals surface area contributed by atoms with Crippen LogP contribution < -0.4 is 17.0 Å². The van der Waals surface area contributed by atoms with E-state index in [1.165, 1.54) is 16.2 Å². The third kappa shape index (κ3) is 2.77. The molecule has 3 aromatic rings. The van der Waals surface area contributed by atoms with Crippen LogP contribution >= 0.6 is 11.3 Å². The first kappa shape index (κ1) is 18.6. The average molecular weight is 415 g/mol. The van der Waals surface area contributed by atoms with Gasteiger partial charge in [-0.15, -0.1) is 11.3 Å². The van der Waals surface area contributed by atoms with Crippen LogP contribution in [0.3, 0.4) is 0 Å². The van der Waals surface area contributed by atoms with Crippen LogP contribution in [0.15, 0.2) is 15.7 Å². The summed E-state index contributed by atoms with van der Waals surface area (Å²) >= 11 is 1.53. The molecule has 0 radical (unpaired) electrons. The molecule has 5 rings (SSSR count). The van der Waals surface area contributed by atoms with E-state index in [1.54, 1.807) is 11.5 Å². The van der Waals surface area contributed by atoms with Gasteiger partial charge in [-0.25, -0.2) is 9.18 Å². The molecule has 29 heavy (non-hydrogen) atoms. The number of aromatic amines is 1. The minimum absolute atomic E-state index is 0.0140. The largest absolute Gasteiger partial charge is 0.396 e. The van der Waals surface area contributed by atoms with Crippen LogP contribution in [0.2, 0.25) is 0 Å². The summed E-state index contributed by atoms with van der Waals surface area (Å²) in [6.07, 6.45) is 4.26. The molecule has 0 saturated heterocycles. The maximum atomic E-state index is 15.4. The van der Waals surface area contributed by atoms with Gasteiger partial charge in [0.15, 0.2) is 5.82 Å². The number of aliphatic hydroxyl groups is 1. The Balaban J connectivity index is 1.80. The number of thiophene rings is 1. The molecule has 2 aliphatic rings. The summed E-state index contributed by atoms with van der Waals surface area (Å²) in [5.74, 6) is -0.380. The van der Waals surface area contributed by atoms with Crippen LogP contribution in [0.25, 0.3) is 21.3 Å². The number of fused-ring (bicyclic) bond motifs is 2. The molecule has 1 fully saturated rings. The number of halogens is 1. The van der Waals surface area contributed by atoms with Crippen LogP contribution in [0.5, 0.6) is 0 Å². The summed E-state index contributed by atoms with van der Waals surface area (Å²) in [5.41, 5.74) is 7.28. The van der Waals surface area contributed by atoms with Crippen molar-refractivity contribution in [3.05, 3.63) is 48.7 Å². The second-order valence-electron chi connectivity index (χ2n) is 8.16. The van der Waals surface area contributed by atoms with Gasteiger partial charge in [-0.2, -0.15) is 0 Å². The van der Waals surface area contributed by atoms with Gasteiger partial charge in [0.2, 0.25) is 0 Å². The lowest BCUT2D eigenvalue weighted by atomic mass is 9.88. The smallest absolute Gasteiger partial charge is 0.329 e. The van der Waals surface area contributed by atoms with E-state index >= 15 is 4.39 Å². The van der Waals surface area contributed by atoms with Crippen molar-refractivity contribution in [3.8, 4) is 10.4 Å². The van der Waals surface area contributed by atoms with E-state index in [9.17, 15) is 14.7 Å². The molecule has 0 spiro atoms. The number of hydrogen-bond donors (Lipinski definition) is 3. The first-order valence-electron chi connectivity index (χ1n) is 9.89. The van der Waals surface area contributed by atoms with E-state index in [4.69, 9.17) is 5.73 Å². The van der Waals surface area contributed by atoms with E-state index in [-0.39, 0.29) is 29.6 Å². The summed E-state index contributed by atoms with van der Waals surface area (Å²) in [5, 5.41) is 9.54. The van der Waals surface area contributed by atoms with Crippen LogP contribution in [0.1, 0.15) is 41.3 Å². The fourth-order valence-corrected chi connectivity index (χ4v) is 5.85. The van der Waals surface area contributed by atoms with E-state index < -0.39 is 17.1 Å². The SMILES string of the molecule is Cc1c(-c2cc3c(s2)CCC(CO)C3)c(F)c(N)c2c(=O)[nH]c(=O)n(C3CC3)c12. The predicted molar refractivity (Wildman–Crippen MR) is 112 cm³/mol. The number of nitrogens with zero attached hydrogens (tertiary/aromatic N) is 1. The zero-order chi connectivity index (χ0) is 20.4. The maximum absolute atomic E-state index is 15.4. The Morgan fingerprint density at radius 2 is 2.10 bits per heavy atom. The van der Waals surface area contributed by atoms with Gasteiger partial charge in [0, 0.05) is 28.0 Å². The number of aryl methyl sites for hydroxylation is 2. The van der Waals surface area contributed by atoms with Crippen LogP contribution in [0, 0.1) is 18.7 Å². The van der Waals surface area contributed by atoms with Crippen molar-refractivity contribution in [2.45, 2.75) is 45.1 Å². The molecule has 2 aromatic heterocycles. The Morgan fingerprint density at radius 1 is 1.34 bits per heavy atom. The molecular formula is C21H22FN3O3S. The van der Waals surface area contributed by atoms with Gasteiger partial charge in [-0.3, -0.25) is 14.3 Å². The van der Waals surface area contributed by atoms with E-state index in [1.807, 2.05) is 6.07 Å². The lowest BCUT2D eigenvalue weighted by molar-refractivity contribution is 0.214. The molecule has 1 unspecified atom stereocenters. The molecule has 0 bridgehead atoms. The van der Waals surface area contributed by atoms with Gasteiger partial charge in [-0.05, 0) is 62.1 Å². The van der Waals surface area contributed by atoms with Crippen molar-refractivity contribution < 1.29 is 9.50 Å². The van der Waals surface area contributed by atoms with E-state index in [2.05, 4.69) is 4.98 Å². The van der Waals surface area contributed by atoms with Gasteiger partial charge in [0.05, 0.1) is 16.6 Å². The van der Waals surface area contributed by atoms with Gasteiger partial charge >= 0.3 is 5.69 Å². The highest BCUT2D eigenvalue weighted by atomic mass is 32.1. The molecule has 152 valence electrons. The number of hydrogen-bond acceptors (Lipinski definition) is 5. The Hall–Kier alpha value is -2.45. The Labute approximate surface area is 169 Å². The average Bonchev–Trinajstić information content (AvgIpc) is 3.43. The summed E-state index contributed by atoms with van der Waals surface area (Å²) in [7, 11) is 0. The number of nitrogens with one attached hydrogen (secondary N) is 1. The van der Waals surface area contributed by atoms with Gasteiger partial charge < -0.3 is 10.8 Å². The summed E-state index contributed by atoms with van der Waals surface area (Å²) in [4.78, 5) is 29.2. The summed E-state index contributed by atoms with van der Waals surface area (Å²) < 4.78 is 17.0. The van der Waals surface area contributed by atoms with Crippen LogP contribution in [0.4, 0.5) is 10.1 Å². The molecule has 1 saturated carbocycles. The fraction of sp³-hybridized carbons (Fsp3) is 0.429. The lowest BCUT2D eigenvalue weighted by Gasteiger charge is -2.19. The minimum Gasteiger partial charge on any atom is -0.396 e. The van der Waals surface area contributed by atoms with Crippen molar-refractivity contribution in [2.75, 3.05) is 12.3 Å². The van der Waals surface area contributed by atoms with Crippen molar-refractivity contribution in [2.24, 2.45) is 5.92 Å². The molecule has 2 aliphatic carbocycles. The number of aliphatic hydroxyl groups excluding tert-OH is 1. The fourth-order valence-electron chi connectivity index (χ4n) is 4.55. The number of H-pyrrole nitrogens is 1. The summed E-state index contributed by atoms with van der Waals surface area (Å²) in [6, 6.07) is 1.99. The molecule has 6 nitrogen and oxygen atoms in total. The molecule has 1 aromatic carbocycles. The topological polar surface area (TPSA) is 101 Å². The van der Waals surface area contributed by atoms with Crippen LogP contribution in [-0.4, -0.2) is 21.3 Å². The van der Waals surface area contributed by atoms with Gasteiger partial charge in [0.25, 0.3) is 5.56 Å². The number of benzene rings is 1. The van der Waals surface area contributed by atoms with E-state index in [0.29, 0.717) is 16.6 Å². The lowest BCUT2D eigenvalue weighted by Crippen LogP contribution is -2.31. The van der Waals surface area contributed by atoms with Crippen molar-refractivity contribution in [1.29, 1.82) is 0 Å². The highest BCUT2D eigenvalue weighted by molar-refractivity contribution is 7.15. The molecule has 2 heterocycles. The molecule has 0 aliphatic heterocycles. The number of rotatable bonds is 3. The maximum Gasteiger partial charge on any atom is 0.329 e. The molecule has 1 atom stereocenters. The van der Waals surface area contributed by atoms with Crippen LogP contribution in [-0.2, 0) is 12.8 Å². The number of aromatic nitrogens is 2. The Morgan fingerprint density at radius 3 is 2.79 bits per heavy atom. The first-order chi connectivity index (χ1) is 13.9. The van der Waals surface area contributed by atoms with Gasteiger partial charge in [0.1, 0.15) is 0 Å². The number of nitrogens with two attached hydrogens (primary N) is 1. The zero-order valence-corrected chi connectivity index (χ0v) is 16.9. The van der Waals surface area contributed by atoms with Crippen molar-refractivity contribution >= 4 is 27.9 Å². The number of nitrogen functional groups attached to an aromatic ring is 1. The third-order valence-corrected chi connectivity index (χ3v) is 7.46. The quantitative estimate of drug-likeness (QED) is 0.573. The highest BCUT2D eigenvalue weighted by Crippen LogP contribution is 2.44. The standard InChI is InChI=1S/C21H22FN3O3S/c1-9-15(14-7-11-6-10(8-26)2-5-13(11)29-14)17(22)18(23)16-19(9)25(12-3-4-12)21(28)24-20(16)27/h7,10,12,26H,2-6,8,23H2,1H3,(H,24,27,28). The molecular weight excluding hydrogens is 393 g/mol. The van der Waals surface area contributed by atoms with Crippen molar-refractivity contribution in [1.82, 2.24) is 9.55 Å². The third-order valence-electron chi connectivity index (χ3n) is 6.20. The van der Waals surface area contributed by atoms with E-state index in [0.717, 1.165) is 42.5 Å². The molecule has 8 heteroatoms. The molecule has 4 N–H and O–H groups in total. The monoisotopic (exact) mass is 415 g/mol. The van der Waals surface area contributed by atoms with Gasteiger partial charge in [-0.1, -0.05) is 0 Å². The normalized spacial score (nSPS) is 18.9. The first-order valence-corrected chi connectivity index (χ1v) is 10.7. The Kier molecular flexibility index (Phi) is 4.18.